The van der Waals surface area contributed by atoms with E-state index >= 15 is 0 Å². The van der Waals surface area contributed by atoms with E-state index in [0.29, 0.717) is 0 Å². The van der Waals surface area contributed by atoms with Crippen LogP contribution in [0.2, 0.25) is 0 Å². The van der Waals surface area contributed by atoms with Crippen molar-refractivity contribution >= 4 is 55.0 Å². The Morgan fingerprint density at radius 1 is 0.425 bits per heavy atom. The minimum absolute atomic E-state index is 1.06. The molecule has 0 aliphatic carbocycles. The molecule has 0 fully saturated rings. The molecule has 8 rings (SSSR count). The minimum Gasteiger partial charge on any atom is -0.263 e. The molecule has 4 nitrogen and oxygen atoms in total. The van der Waals surface area contributed by atoms with Gasteiger partial charge < -0.3 is 0 Å². The lowest BCUT2D eigenvalue weighted by atomic mass is 9.89. The van der Waals surface area contributed by atoms with E-state index in [0.717, 1.165) is 42.0 Å². The molecule has 4 aromatic carbocycles. The van der Waals surface area contributed by atoms with Crippen LogP contribution < -0.4 is 0 Å². The Hall–Kier alpha value is -4.52. The fourth-order valence-corrected chi connectivity index (χ4v) is 7.14. The van der Waals surface area contributed by atoms with Gasteiger partial charge in [0.1, 0.15) is 0 Å². The summed E-state index contributed by atoms with van der Waals surface area (Å²) in [5.74, 6) is 0. The Morgan fingerprint density at radius 2 is 0.800 bits per heavy atom. The summed E-state index contributed by atoms with van der Waals surface area (Å²) in [4.78, 5) is 20.2. The maximum atomic E-state index is 4.56. The van der Waals surface area contributed by atoms with Crippen LogP contribution in [0.5, 0.6) is 0 Å². The van der Waals surface area contributed by atoms with Crippen LogP contribution in [0.4, 0.5) is 0 Å². The van der Waals surface area contributed by atoms with Gasteiger partial charge in [0.2, 0.25) is 0 Å². The third-order valence-corrected chi connectivity index (χ3v) is 9.41. The minimum atomic E-state index is 1.06. The summed E-state index contributed by atoms with van der Waals surface area (Å²) >= 11 is 3.39. The molecule has 190 valence electrons. The van der Waals surface area contributed by atoms with Crippen molar-refractivity contribution in [2.75, 3.05) is 0 Å². The number of aromatic nitrogens is 4. The first kappa shape index (κ1) is 23.4. The standard InChI is InChI=1S/C34H22N4S2/c1-19-37-17-31(39-19)29-11-27(13-35-15-29)25-7-21-3-5-23-9-26(10-24-6-4-22(8-25)33(21)34(23)24)28-12-30(16-36-14-28)32-18-38-20(2)40-32/h3-18H,1-2H3. The highest BCUT2D eigenvalue weighted by Gasteiger charge is 2.14. The molecule has 0 bridgehead atoms. The van der Waals surface area contributed by atoms with Crippen molar-refractivity contribution in [3.8, 4) is 43.1 Å². The number of aryl methyl sites for hydroxylation is 2. The van der Waals surface area contributed by atoms with Crippen LogP contribution in [0.15, 0.2) is 97.8 Å². The molecule has 40 heavy (non-hydrogen) atoms. The molecule has 0 radical (unpaired) electrons. The van der Waals surface area contributed by atoms with Gasteiger partial charge in [-0.15, -0.1) is 22.7 Å². The first-order chi connectivity index (χ1) is 19.6. The Bertz CT molecular complexity index is 1980. The number of hydrogen-bond donors (Lipinski definition) is 0. The number of pyridine rings is 2. The summed E-state index contributed by atoms with van der Waals surface area (Å²) in [6, 6.07) is 22.6. The fourth-order valence-electron chi connectivity index (χ4n) is 5.63. The largest absolute Gasteiger partial charge is 0.263 e. The smallest absolute Gasteiger partial charge is 0.0900 e. The molecule has 0 saturated carbocycles. The van der Waals surface area contributed by atoms with Gasteiger partial charge in [0.05, 0.1) is 19.8 Å². The van der Waals surface area contributed by atoms with Crippen LogP contribution in [0.25, 0.3) is 75.5 Å². The lowest BCUT2D eigenvalue weighted by Crippen LogP contribution is -1.89. The lowest BCUT2D eigenvalue weighted by Gasteiger charge is -2.15. The summed E-state index contributed by atoms with van der Waals surface area (Å²) in [6.45, 7) is 4.07. The SMILES string of the molecule is Cc1ncc(-c2cncc(-c3cc4ccc5cc(-c6cncc(-c7cnc(C)s7)c6)cc6ccc(c3)c4c56)c2)s1. The van der Waals surface area contributed by atoms with E-state index in [2.05, 4.69) is 80.6 Å². The average Bonchev–Trinajstić information content (AvgIpc) is 3.64. The molecule has 0 aliphatic heterocycles. The van der Waals surface area contributed by atoms with Gasteiger partial charge in [0.15, 0.2) is 0 Å². The third-order valence-electron chi connectivity index (χ3n) is 7.49. The van der Waals surface area contributed by atoms with Gasteiger partial charge in [0.25, 0.3) is 0 Å². The highest BCUT2D eigenvalue weighted by atomic mass is 32.1. The second-order valence-electron chi connectivity index (χ2n) is 10.1. The number of hydrogen-bond acceptors (Lipinski definition) is 6. The Balaban J connectivity index is 1.24. The van der Waals surface area contributed by atoms with Crippen LogP contribution in [0, 0.1) is 13.8 Å². The van der Waals surface area contributed by atoms with Crippen molar-refractivity contribution in [1.29, 1.82) is 0 Å². The fraction of sp³-hybridized carbons (Fsp3) is 0.0588. The molecule has 0 atom stereocenters. The van der Waals surface area contributed by atoms with Crippen molar-refractivity contribution in [1.82, 2.24) is 19.9 Å². The molecular weight excluding hydrogens is 529 g/mol. The van der Waals surface area contributed by atoms with Crippen LogP contribution in [-0.4, -0.2) is 19.9 Å². The molecule has 0 unspecified atom stereocenters. The zero-order valence-electron chi connectivity index (χ0n) is 21.8. The molecule has 4 aromatic heterocycles. The van der Waals surface area contributed by atoms with E-state index in [4.69, 9.17) is 0 Å². The highest BCUT2D eigenvalue weighted by Crippen LogP contribution is 2.40. The molecular formula is C34H22N4S2. The van der Waals surface area contributed by atoms with Crippen molar-refractivity contribution < 1.29 is 0 Å². The highest BCUT2D eigenvalue weighted by molar-refractivity contribution is 7.15. The van der Waals surface area contributed by atoms with Crippen LogP contribution >= 0.6 is 22.7 Å². The van der Waals surface area contributed by atoms with E-state index in [-0.39, 0.29) is 0 Å². The summed E-state index contributed by atoms with van der Waals surface area (Å²) in [5, 5.41) is 9.68. The van der Waals surface area contributed by atoms with Crippen molar-refractivity contribution in [3.63, 3.8) is 0 Å². The zero-order valence-corrected chi connectivity index (χ0v) is 23.5. The topological polar surface area (TPSA) is 51.6 Å². The van der Waals surface area contributed by atoms with E-state index in [9.17, 15) is 0 Å². The third kappa shape index (κ3) is 3.87. The monoisotopic (exact) mass is 550 g/mol. The first-order valence-corrected chi connectivity index (χ1v) is 14.7. The van der Waals surface area contributed by atoms with Gasteiger partial charge in [-0.05, 0) is 93.7 Å². The molecule has 0 saturated heterocycles. The predicted octanol–water partition coefficient (Wildman–Crippen LogP) is 9.57. The van der Waals surface area contributed by atoms with Crippen molar-refractivity contribution in [2.24, 2.45) is 0 Å². The van der Waals surface area contributed by atoms with Gasteiger partial charge in [-0.25, -0.2) is 9.97 Å². The van der Waals surface area contributed by atoms with Gasteiger partial charge in [-0.1, -0.05) is 24.3 Å². The number of nitrogens with zero attached hydrogens (tertiary/aromatic N) is 4. The molecule has 0 N–H and O–H groups in total. The van der Waals surface area contributed by atoms with Crippen molar-refractivity contribution in [3.05, 3.63) is 108 Å². The van der Waals surface area contributed by atoms with E-state index in [1.807, 2.05) is 51.0 Å². The van der Waals surface area contributed by atoms with Gasteiger partial charge in [-0.2, -0.15) is 0 Å². The molecule has 0 spiro atoms. The van der Waals surface area contributed by atoms with E-state index < -0.39 is 0 Å². The molecule has 4 heterocycles. The van der Waals surface area contributed by atoms with Gasteiger partial charge >= 0.3 is 0 Å². The number of benzene rings is 4. The molecule has 6 heteroatoms. The normalized spacial score (nSPS) is 11.8. The summed E-state index contributed by atoms with van der Waals surface area (Å²) in [7, 11) is 0. The molecule has 0 aliphatic rings. The zero-order chi connectivity index (χ0) is 26.8. The van der Waals surface area contributed by atoms with Crippen LogP contribution in [0.3, 0.4) is 0 Å². The quantitative estimate of drug-likeness (QED) is 0.205. The molecule has 0 amide bonds. The molecule has 8 aromatic rings. The lowest BCUT2D eigenvalue weighted by molar-refractivity contribution is 1.29. The maximum Gasteiger partial charge on any atom is 0.0900 e. The second kappa shape index (κ2) is 9.01. The van der Waals surface area contributed by atoms with E-state index in [1.54, 1.807) is 22.7 Å². The predicted molar refractivity (Wildman–Crippen MR) is 168 cm³/mol. The maximum absolute atomic E-state index is 4.56. The second-order valence-corrected chi connectivity index (χ2v) is 12.6. The van der Waals surface area contributed by atoms with Crippen LogP contribution in [0.1, 0.15) is 10.0 Å². The summed E-state index contributed by atoms with van der Waals surface area (Å²) in [5.41, 5.74) is 6.76. The van der Waals surface area contributed by atoms with Crippen LogP contribution in [-0.2, 0) is 0 Å². The van der Waals surface area contributed by atoms with Gasteiger partial charge in [0, 0.05) is 59.4 Å². The number of rotatable bonds is 4. The van der Waals surface area contributed by atoms with E-state index in [1.165, 1.54) is 43.4 Å². The average molecular weight is 551 g/mol. The van der Waals surface area contributed by atoms with Crippen molar-refractivity contribution in [2.45, 2.75) is 13.8 Å². The Morgan fingerprint density at radius 3 is 1.15 bits per heavy atom. The number of thiazole rings is 2. The van der Waals surface area contributed by atoms with Gasteiger partial charge in [-0.3, -0.25) is 9.97 Å². The summed E-state index contributed by atoms with van der Waals surface area (Å²) < 4.78 is 0. The first-order valence-electron chi connectivity index (χ1n) is 13.1. The Labute approximate surface area is 239 Å². The Kier molecular flexibility index (Phi) is 5.27. The summed E-state index contributed by atoms with van der Waals surface area (Å²) in [6.07, 6.45) is 11.6.